The molecule has 0 saturated carbocycles. The minimum absolute atomic E-state index is 0.324. The first-order valence-corrected chi connectivity index (χ1v) is 9.40. The van der Waals surface area contributed by atoms with Gasteiger partial charge in [-0.1, -0.05) is 13.8 Å². The van der Waals surface area contributed by atoms with Crippen LogP contribution in [0.2, 0.25) is 0 Å². The van der Waals surface area contributed by atoms with E-state index in [2.05, 4.69) is 24.1 Å². The van der Waals surface area contributed by atoms with E-state index in [4.69, 9.17) is 9.15 Å². The van der Waals surface area contributed by atoms with E-state index in [1.165, 1.54) is 19.2 Å². The maximum Gasteiger partial charge on any atom is 0.337 e. The van der Waals surface area contributed by atoms with Gasteiger partial charge in [0.05, 0.1) is 35.6 Å². The number of carbonyl (C=O) groups excluding carboxylic acids is 1. The summed E-state index contributed by atoms with van der Waals surface area (Å²) in [6, 6.07) is 11.4. The summed E-state index contributed by atoms with van der Waals surface area (Å²) in [5, 5.41) is 4.83. The Morgan fingerprint density at radius 3 is 2.79 bits per heavy atom. The highest BCUT2D eigenvalue weighted by Gasteiger charge is 2.18. The summed E-state index contributed by atoms with van der Waals surface area (Å²) >= 11 is 0. The fraction of sp³-hybridized carbons (Fsp3) is 0.217. The molecule has 4 rings (SSSR count). The molecule has 6 heteroatoms. The van der Waals surface area contributed by atoms with Crippen LogP contribution in [0.5, 0.6) is 0 Å². The van der Waals surface area contributed by atoms with Gasteiger partial charge in [-0.3, -0.25) is 4.98 Å². The molecule has 0 aliphatic heterocycles. The number of carbonyl (C=O) groups is 1. The minimum Gasteiger partial charge on any atom is -0.465 e. The van der Waals surface area contributed by atoms with Crippen LogP contribution in [0, 0.1) is 11.7 Å². The summed E-state index contributed by atoms with van der Waals surface area (Å²) in [6.07, 6.45) is 1.76. The van der Waals surface area contributed by atoms with Crippen molar-refractivity contribution in [3.8, 4) is 11.3 Å². The van der Waals surface area contributed by atoms with Crippen molar-refractivity contribution >= 4 is 33.5 Å². The lowest BCUT2D eigenvalue weighted by molar-refractivity contribution is 0.0601. The molecule has 29 heavy (non-hydrogen) atoms. The molecule has 0 amide bonds. The number of aromatic nitrogens is 1. The van der Waals surface area contributed by atoms with Crippen LogP contribution in [-0.2, 0) is 4.74 Å². The number of furan rings is 1. The SMILES string of the molecule is COC(=O)c1ccc2ncc(NCC(C)C)c(-c3cc4cc(F)ccc4o3)c2c1. The number of hydrogen-bond acceptors (Lipinski definition) is 5. The molecule has 1 N–H and O–H groups in total. The van der Waals surface area contributed by atoms with E-state index in [1.807, 2.05) is 0 Å². The van der Waals surface area contributed by atoms with Crippen molar-refractivity contribution in [3.05, 3.63) is 60.0 Å². The molecular formula is C23H21FN2O3. The van der Waals surface area contributed by atoms with Gasteiger partial charge in [-0.2, -0.15) is 0 Å². The molecular weight excluding hydrogens is 371 g/mol. The summed E-state index contributed by atoms with van der Waals surface area (Å²) in [5.74, 6) is 0.247. The van der Waals surface area contributed by atoms with Gasteiger partial charge >= 0.3 is 5.97 Å². The van der Waals surface area contributed by atoms with Gasteiger partial charge < -0.3 is 14.5 Å². The van der Waals surface area contributed by atoms with Gasteiger partial charge in [-0.25, -0.2) is 9.18 Å². The monoisotopic (exact) mass is 392 g/mol. The summed E-state index contributed by atoms with van der Waals surface area (Å²) in [6.45, 7) is 4.96. The second kappa shape index (κ2) is 7.54. The molecule has 0 bridgehead atoms. The van der Waals surface area contributed by atoms with Crippen LogP contribution < -0.4 is 5.32 Å². The fourth-order valence-corrected chi connectivity index (χ4v) is 3.29. The lowest BCUT2D eigenvalue weighted by atomic mass is 10.0. The van der Waals surface area contributed by atoms with E-state index in [9.17, 15) is 9.18 Å². The van der Waals surface area contributed by atoms with Gasteiger partial charge in [-0.05, 0) is 48.4 Å². The minimum atomic E-state index is -0.426. The zero-order valence-corrected chi connectivity index (χ0v) is 16.5. The van der Waals surface area contributed by atoms with Crippen LogP contribution in [0.1, 0.15) is 24.2 Å². The van der Waals surface area contributed by atoms with Crippen LogP contribution in [-0.4, -0.2) is 24.6 Å². The highest BCUT2D eigenvalue weighted by atomic mass is 19.1. The molecule has 2 aromatic carbocycles. The first kappa shape index (κ1) is 18.9. The average Bonchev–Trinajstić information content (AvgIpc) is 3.13. The Morgan fingerprint density at radius 2 is 2.03 bits per heavy atom. The molecule has 0 aliphatic carbocycles. The third kappa shape index (κ3) is 3.66. The number of pyridine rings is 1. The Kier molecular flexibility index (Phi) is 4.92. The molecule has 0 atom stereocenters. The van der Waals surface area contributed by atoms with E-state index < -0.39 is 5.97 Å². The van der Waals surface area contributed by atoms with E-state index in [0.29, 0.717) is 28.2 Å². The van der Waals surface area contributed by atoms with Crippen molar-refractivity contribution in [2.24, 2.45) is 5.92 Å². The summed E-state index contributed by atoms with van der Waals surface area (Å²) in [4.78, 5) is 16.6. The third-order valence-corrected chi connectivity index (χ3v) is 4.71. The zero-order chi connectivity index (χ0) is 20.5. The van der Waals surface area contributed by atoms with Gasteiger partial charge in [0.1, 0.15) is 17.2 Å². The number of nitrogens with zero attached hydrogens (tertiary/aromatic N) is 1. The molecule has 0 saturated heterocycles. The van der Waals surface area contributed by atoms with Gasteiger partial charge in [0.15, 0.2) is 0 Å². The smallest absolute Gasteiger partial charge is 0.337 e. The standard InChI is InChI=1S/C23H21FN2O3/c1-13(2)11-25-19-12-26-18-6-4-14(23(27)28-3)9-17(18)22(19)21-10-15-8-16(24)5-7-20(15)29-21/h4-10,12-13,25H,11H2,1-3H3. The first-order chi connectivity index (χ1) is 14.0. The van der Waals surface area contributed by atoms with Crippen LogP contribution >= 0.6 is 0 Å². The van der Waals surface area contributed by atoms with Crippen LogP contribution in [0.25, 0.3) is 33.2 Å². The summed E-state index contributed by atoms with van der Waals surface area (Å²) in [7, 11) is 1.35. The van der Waals surface area contributed by atoms with Crippen molar-refractivity contribution in [1.82, 2.24) is 4.98 Å². The molecule has 0 aliphatic rings. The topological polar surface area (TPSA) is 64.4 Å². The van der Waals surface area contributed by atoms with Crippen molar-refractivity contribution in [2.45, 2.75) is 13.8 Å². The van der Waals surface area contributed by atoms with Gasteiger partial charge in [-0.15, -0.1) is 0 Å². The molecule has 4 aromatic rings. The van der Waals surface area contributed by atoms with Gasteiger partial charge in [0.2, 0.25) is 0 Å². The van der Waals surface area contributed by atoms with Gasteiger partial charge in [0.25, 0.3) is 0 Å². The van der Waals surface area contributed by atoms with E-state index >= 15 is 0 Å². The number of hydrogen-bond donors (Lipinski definition) is 1. The number of nitrogens with one attached hydrogen (secondary N) is 1. The Labute approximate surface area is 167 Å². The van der Waals surface area contributed by atoms with Crippen molar-refractivity contribution in [3.63, 3.8) is 0 Å². The van der Waals surface area contributed by atoms with Crippen LogP contribution in [0.15, 0.2) is 53.1 Å². The lowest BCUT2D eigenvalue weighted by Gasteiger charge is -2.15. The highest BCUT2D eigenvalue weighted by molar-refractivity contribution is 6.04. The fourth-order valence-electron chi connectivity index (χ4n) is 3.29. The number of halogens is 1. The van der Waals surface area contributed by atoms with Crippen molar-refractivity contribution < 1.29 is 18.3 Å². The van der Waals surface area contributed by atoms with E-state index in [1.54, 1.807) is 36.5 Å². The molecule has 148 valence electrons. The predicted octanol–water partition coefficient (Wildman–Crippen LogP) is 5.64. The second-order valence-corrected chi connectivity index (χ2v) is 7.34. The van der Waals surface area contributed by atoms with Crippen molar-refractivity contribution in [1.29, 1.82) is 0 Å². The quantitative estimate of drug-likeness (QED) is 0.445. The third-order valence-electron chi connectivity index (χ3n) is 4.71. The molecule has 5 nitrogen and oxygen atoms in total. The highest BCUT2D eigenvalue weighted by Crippen LogP contribution is 2.38. The predicted molar refractivity (Wildman–Crippen MR) is 112 cm³/mol. The number of ether oxygens (including phenoxy) is 1. The summed E-state index contributed by atoms with van der Waals surface area (Å²) < 4.78 is 24.6. The van der Waals surface area contributed by atoms with Crippen molar-refractivity contribution in [2.75, 3.05) is 19.0 Å². The van der Waals surface area contributed by atoms with E-state index in [0.717, 1.165) is 28.7 Å². The number of anilines is 1. The Hall–Kier alpha value is -3.41. The molecule has 2 heterocycles. The average molecular weight is 392 g/mol. The van der Waals surface area contributed by atoms with E-state index in [-0.39, 0.29) is 5.82 Å². The zero-order valence-electron chi connectivity index (χ0n) is 16.5. The molecule has 0 spiro atoms. The largest absolute Gasteiger partial charge is 0.465 e. The Balaban J connectivity index is 1.97. The maximum absolute atomic E-state index is 13.7. The number of rotatable bonds is 5. The molecule has 0 radical (unpaired) electrons. The number of esters is 1. The second-order valence-electron chi connectivity index (χ2n) is 7.34. The maximum atomic E-state index is 13.7. The number of methoxy groups -OCH3 is 1. The Bertz CT molecular complexity index is 1210. The summed E-state index contributed by atoms with van der Waals surface area (Å²) in [5.41, 5.74) is 3.29. The van der Waals surface area contributed by atoms with Crippen LogP contribution in [0.4, 0.5) is 10.1 Å². The normalized spacial score (nSPS) is 11.3. The Morgan fingerprint density at radius 1 is 1.21 bits per heavy atom. The molecule has 0 unspecified atom stereocenters. The number of benzene rings is 2. The number of fused-ring (bicyclic) bond motifs is 2. The molecule has 2 aromatic heterocycles. The first-order valence-electron chi connectivity index (χ1n) is 9.40. The lowest BCUT2D eigenvalue weighted by Crippen LogP contribution is -2.09. The van der Waals surface area contributed by atoms with Gasteiger partial charge in [0, 0.05) is 17.3 Å². The molecule has 0 fully saturated rings. The van der Waals surface area contributed by atoms with Crippen LogP contribution in [0.3, 0.4) is 0 Å².